The lowest BCUT2D eigenvalue weighted by Crippen LogP contribution is -2.28. The molecule has 0 aliphatic heterocycles. The van der Waals surface area contributed by atoms with Gasteiger partial charge in [-0.2, -0.15) is 0 Å². The molecule has 0 fully saturated rings. The molecule has 0 aliphatic carbocycles. The van der Waals surface area contributed by atoms with Crippen LogP contribution in [-0.4, -0.2) is 51.3 Å². The van der Waals surface area contributed by atoms with Crippen LogP contribution in [0.3, 0.4) is 0 Å². The highest BCUT2D eigenvalue weighted by Crippen LogP contribution is 2.16. The summed E-state index contributed by atoms with van der Waals surface area (Å²) in [4.78, 5) is 2.44. The first kappa shape index (κ1) is 16.8. The molecule has 1 N–H and O–H groups in total. The summed E-state index contributed by atoms with van der Waals surface area (Å²) in [6.45, 7) is 10.5. The minimum absolute atomic E-state index is 0.692. The normalized spacial score (nSPS) is 10.8. The molecule has 0 amide bonds. The molecule has 0 atom stereocenters. The first-order valence-corrected chi connectivity index (χ1v) is 7.50. The molecule has 4 heteroatoms. The van der Waals surface area contributed by atoms with Crippen LogP contribution in [0, 0.1) is 0 Å². The van der Waals surface area contributed by atoms with Crippen molar-refractivity contribution in [2.45, 2.75) is 20.3 Å². The van der Waals surface area contributed by atoms with E-state index in [0.717, 1.165) is 37.7 Å². The van der Waals surface area contributed by atoms with E-state index < -0.39 is 0 Å². The van der Waals surface area contributed by atoms with E-state index in [0.29, 0.717) is 6.61 Å². The van der Waals surface area contributed by atoms with E-state index in [-0.39, 0.29) is 0 Å². The van der Waals surface area contributed by atoms with E-state index in [1.807, 2.05) is 24.3 Å². The zero-order valence-corrected chi connectivity index (χ0v) is 13.0. The van der Waals surface area contributed by atoms with E-state index in [4.69, 9.17) is 9.47 Å². The number of benzene rings is 1. The molecule has 20 heavy (non-hydrogen) atoms. The largest absolute Gasteiger partial charge is 0.497 e. The van der Waals surface area contributed by atoms with Gasteiger partial charge in [0.15, 0.2) is 0 Å². The zero-order chi connectivity index (χ0) is 14.6. The molecular formula is C16H28N2O2. The summed E-state index contributed by atoms with van der Waals surface area (Å²) in [7, 11) is 1.66. The summed E-state index contributed by atoms with van der Waals surface area (Å²) < 4.78 is 10.8. The average molecular weight is 280 g/mol. The van der Waals surface area contributed by atoms with Gasteiger partial charge in [-0.1, -0.05) is 13.8 Å². The van der Waals surface area contributed by atoms with Crippen molar-refractivity contribution >= 4 is 0 Å². The van der Waals surface area contributed by atoms with Crippen molar-refractivity contribution in [3.63, 3.8) is 0 Å². The molecule has 0 radical (unpaired) electrons. The fourth-order valence-corrected chi connectivity index (χ4v) is 2.01. The lowest BCUT2D eigenvalue weighted by Gasteiger charge is -2.17. The van der Waals surface area contributed by atoms with Crippen molar-refractivity contribution in [2.24, 2.45) is 0 Å². The smallest absolute Gasteiger partial charge is 0.119 e. The van der Waals surface area contributed by atoms with Crippen LogP contribution in [0.25, 0.3) is 0 Å². The highest BCUT2D eigenvalue weighted by atomic mass is 16.5. The number of nitrogens with one attached hydrogen (secondary N) is 1. The average Bonchev–Trinajstić information content (AvgIpc) is 2.51. The van der Waals surface area contributed by atoms with Gasteiger partial charge >= 0.3 is 0 Å². The second-order valence-electron chi connectivity index (χ2n) is 4.65. The molecule has 0 saturated heterocycles. The van der Waals surface area contributed by atoms with Crippen molar-refractivity contribution < 1.29 is 9.47 Å². The lowest BCUT2D eigenvalue weighted by molar-refractivity contribution is 0.289. The Morgan fingerprint density at radius 1 is 1.00 bits per heavy atom. The SMILES string of the molecule is CCN(CC)CCCNCCOc1ccc(OC)cc1. The Kier molecular flexibility index (Phi) is 8.83. The number of ether oxygens (including phenoxy) is 2. The quantitative estimate of drug-likeness (QED) is 0.631. The first-order valence-electron chi connectivity index (χ1n) is 7.50. The molecule has 114 valence electrons. The predicted octanol–water partition coefficient (Wildman–Crippen LogP) is 2.40. The Labute approximate surface area is 123 Å². The monoisotopic (exact) mass is 280 g/mol. The second-order valence-corrected chi connectivity index (χ2v) is 4.65. The maximum Gasteiger partial charge on any atom is 0.119 e. The van der Waals surface area contributed by atoms with Gasteiger partial charge in [0, 0.05) is 6.54 Å². The Hall–Kier alpha value is -1.26. The predicted molar refractivity (Wildman–Crippen MR) is 83.8 cm³/mol. The second kappa shape index (κ2) is 10.5. The first-order chi connectivity index (χ1) is 9.80. The molecule has 1 aromatic rings. The third-order valence-corrected chi connectivity index (χ3v) is 3.33. The Balaban J connectivity index is 2.01. The van der Waals surface area contributed by atoms with Crippen LogP contribution >= 0.6 is 0 Å². The van der Waals surface area contributed by atoms with E-state index in [1.54, 1.807) is 7.11 Å². The molecule has 1 rings (SSSR count). The molecule has 0 aromatic heterocycles. The van der Waals surface area contributed by atoms with Gasteiger partial charge in [-0.15, -0.1) is 0 Å². The van der Waals surface area contributed by atoms with Crippen molar-refractivity contribution in [3.05, 3.63) is 24.3 Å². The van der Waals surface area contributed by atoms with E-state index >= 15 is 0 Å². The number of rotatable bonds is 11. The summed E-state index contributed by atoms with van der Waals surface area (Å²) in [5.41, 5.74) is 0. The van der Waals surface area contributed by atoms with Gasteiger partial charge in [0.1, 0.15) is 18.1 Å². The fraction of sp³-hybridized carbons (Fsp3) is 0.625. The third kappa shape index (κ3) is 6.78. The van der Waals surface area contributed by atoms with E-state index in [1.165, 1.54) is 13.0 Å². The number of hydrogen-bond acceptors (Lipinski definition) is 4. The molecule has 0 saturated carbocycles. The fourth-order valence-electron chi connectivity index (χ4n) is 2.01. The maximum absolute atomic E-state index is 5.65. The molecule has 0 unspecified atom stereocenters. The van der Waals surface area contributed by atoms with Crippen LogP contribution in [-0.2, 0) is 0 Å². The summed E-state index contributed by atoms with van der Waals surface area (Å²) >= 11 is 0. The molecule has 0 heterocycles. The third-order valence-electron chi connectivity index (χ3n) is 3.33. The number of methoxy groups -OCH3 is 1. The van der Waals surface area contributed by atoms with Crippen molar-refractivity contribution in [1.82, 2.24) is 10.2 Å². The Morgan fingerprint density at radius 3 is 2.25 bits per heavy atom. The van der Waals surface area contributed by atoms with Crippen LogP contribution in [0.1, 0.15) is 20.3 Å². The van der Waals surface area contributed by atoms with Crippen molar-refractivity contribution in [1.29, 1.82) is 0 Å². The van der Waals surface area contributed by atoms with E-state index in [2.05, 4.69) is 24.1 Å². The highest BCUT2D eigenvalue weighted by molar-refractivity contribution is 5.31. The van der Waals surface area contributed by atoms with Gasteiger partial charge in [-0.05, 0) is 56.9 Å². The van der Waals surface area contributed by atoms with Gasteiger partial charge in [-0.25, -0.2) is 0 Å². The van der Waals surface area contributed by atoms with Crippen LogP contribution in [0.15, 0.2) is 24.3 Å². The van der Waals surface area contributed by atoms with Gasteiger partial charge in [0.25, 0.3) is 0 Å². The summed E-state index contributed by atoms with van der Waals surface area (Å²) in [5, 5.41) is 3.41. The van der Waals surface area contributed by atoms with Gasteiger partial charge < -0.3 is 19.7 Å². The lowest BCUT2D eigenvalue weighted by atomic mass is 10.3. The Bertz CT molecular complexity index is 337. The Morgan fingerprint density at radius 2 is 1.65 bits per heavy atom. The minimum atomic E-state index is 0.692. The van der Waals surface area contributed by atoms with Crippen LogP contribution in [0.5, 0.6) is 11.5 Å². The van der Waals surface area contributed by atoms with Gasteiger partial charge in [0.2, 0.25) is 0 Å². The molecule has 0 spiro atoms. The topological polar surface area (TPSA) is 33.7 Å². The van der Waals surface area contributed by atoms with Crippen molar-refractivity contribution in [3.8, 4) is 11.5 Å². The van der Waals surface area contributed by atoms with Crippen LogP contribution in [0.4, 0.5) is 0 Å². The van der Waals surface area contributed by atoms with E-state index in [9.17, 15) is 0 Å². The zero-order valence-electron chi connectivity index (χ0n) is 13.0. The van der Waals surface area contributed by atoms with Gasteiger partial charge in [0.05, 0.1) is 7.11 Å². The standard InChI is InChI=1S/C16H28N2O2/c1-4-18(5-2)13-6-11-17-12-14-20-16-9-7-15(19-3)8-10-16/h7-10,17H,4-6,11-14H2,1-3H3. The number of hydrogen-bond donors (Lipinski definition) is 1. The molecule has 4 nitrogen and oxygen atoms in total. The molecule has 0 bridgehead atoms. The minimum Gasteiger partial charge on any atom is -0.497 e. The maximum atomic E-state index is 5.65. The van der Waals surface area contributed by atoms with Crippen LogP contribution < -0.4 is 14.8 Å². The van der Waals surface area contributed by atoms with Crippen molar-refractivity contribution in [2.75, 3.05) is 46.4 Å². The molecule has 0 aliphatic rings. The molecule has 1 aromatic carbocycles. The highest BCUT2D eigenvalue weighted by Gasteiger charge is 1.98. The van der Waals surface area contributed by atoms with Gasteiger partial charge in [-0.3, -0.25) is 0 Å². The number of nitrogens with zero attached hydrogens (tertiary/aromatic N) is 1. The summed E-state index contributed by atoms with van der Waals surface area (Å²) in [6.07, 6.45) is 1.18. The summed E-state index contributed by atoms with van der Waals surface area (Å²) in [5.74, 6) is 1.74. The summed E-state index contributed by atoms with van der Waals surface area (Å²) in [6, 6.07) is 7.68. The molecular weight excluding hydrogens is 252 g/mol. The van der Waals surface area contributed by atoms with Crippen LogP contribution in [0.2, 0.25) is 0 Å².